The minimum atomic E-state index is -0.533. The normalized spacial score (nSPS) is 22.4. The molecule has 2 N–H and O–H groups in total. The quantitative estimate of drug-likeness (QED) is 0.764. The van der Waals surface area contributed by atoms with Gasteiger partial charge in [0.05, 0.1) is 6.07 Å². The predicted octanol–water partition coefficient (Wildman–Crippen LogP) is 1.40. The Morgan fingerprint density at radius 1 is 1.59 bits per heavy atom. The Morgan fingerprint density at radius 2 is 2.29 bits per heavy atom. The Balaban J connectivity index is 2.46. The van der Waals surface area contributed by atoms with Gasteiger partial charge in [-0.3, -0.25) is 0 Å². The van der Waals surface area contributed by atoms with Crippen molar-refractivity contribution >= 4 is 6.09 Å². The van der Waals surface area contributed by atoms with Gasteiger partial charge in [-0.25, -0.2) is 4.79 Å². The smallest absolute Gasteiger partial charge is 0.408 e. The second-order valence-corrected chi connectivity index (χ2v) is 5.36. The highest BCUT2D eigenvalue weighted by Crippen LogP contribution is 2.15. The van der Waals surface area contributed by atoms with Crippen LogP contribution in [0.5, 0.6) is 0 Å². The van der Waals surface area contributed by atoms with Crippen molar-refractivity contribution < 1.29 is 9.53 Å². The zero-order valence-corrected chi connectivity index (χ0v) is 10.7. The van der Waals surface area contributed by atoms with Crippen molar-refractivity contribution in [3.8, 4) is 6.07 Å². The molecular weight excluding hydrogens is 218 g/mol. The lowest BCUT2D eigenvalue weighted by molar-refractivity contribution is 0.0498. The van der Waals surface area contributed by atoms with Crippen molar-refractivity contribution in [2.24, 2.45) is 5.92 Å². The molecule has 0 radical (unpaired) electrons. The molecule has 0 aliphatic carbocycles. The molecule has 0 aromatic rings. The molecule has 0 bridgehead atoms. The van der Waals surface area contributed by atoms with Crippen LogP contribution in [0.2, 0.25) is 0 Å². The van der Waals surface area contributed by atoms with Gasteiger partial charge in [0.1, 0.15) is 11.6 Å². The summed E-state index contributed by atoms with van der Waals surface area (Å²) in [5.41, 5.74) is -0.533. The van der Waals surface area contributed by atoms with E-state index < -0.39 is 17.7 Å². The van der Waals surface area contributed by atoms with Crippen LogP contribution in [0.25, 0.3) is 0 Å². The second kappa shape index (κ2) is 5.87. The van der Waals surface area contributed by atoms with Crippen molar-refractivity contribution in [3.05, 3.63) is 0 Å². The summed E-state index contributed by atoms with van der Waals surface area (Å²) in [5.74, 6) is 0.168. The van der Waals surface area contributed by atoms with Gasteiger partial charge in [-0.15, -0.1) is 0 Å². The highest BCUT2D eigenvalue weighted by atomic mass is 16.6. The van der Waals surface area contributed by atoms with Crippen molar-refractivity contribution in [1.82, 2.24) is 10.6 Å². The lowest BCUT2D eigenvalue weighted by Crippen LogP contribution is -2.46. The van der Waals surface area contributed by atoms with Gasteiger partial charge in [-0.05, 0) is 40.2 Å². The number of hydrogen-bond donors (Lipinski definition) is 2. The molecule has 1 fully saturated rings. The van der Waals surface area contributed by atoms with Crippen molar-refractivity contribution in [2.45, 2.75) is 45.3 Å². The highest BCUT2D eigenvalue weighted by Gasteiger charge is 2.26. The molecule has 1 aliphatic rings. The number of alkyl carbamates (subject to hydrolysis) is 1. The molecule has 17 heavy (non-hydrogen) atoms. The van der Waals surface area contributed by atoms with Crippen LogP contribution in [-0.2, 0) is 4.74 Å². The maximum absolute atomic E-state index is 11.6. The average molecular weight is 239 g/mol. The lowest BCUT2D eigenvalue weighted by atomic mass is 9.92. The molecule has 1 heterocycles. The first kappa shape index (κ1) is 13.8. The first-order valence-electron chi connectivity index (χ1n) is 6.02. The number of amides is 1. The van der Waals surface area contributed by atoms with Gasteiger partial charge in [0, 0.05) is 12.5 Å². The molecule has 0 spiro atoms. The standard InChI is InChI=1S/C12H21N3O2/c1-12(2,3)17-11(16)15-10(7-13)9-5-4-6-14-8-9/h9-10,14H,4-6,8H2,1-3H3,(H,15,16). The van der Waals surface area contributed by atoms with E-state index in [4.69, 9.17) is 10.00 Å². The van der Waals surface area contributed by atoms with E-state index in [1.165, 1.54) is 0 Å². The van der Waals surface area contributed by atoms with Crippen LogP contribution in [0.1, 0.15) is 33.6 Å². The third kappa shape index (κ3) is 5.05. The topological polar surface area (TPSA) is 74.1 Å². The fourth-order valence-corrected chi connectivity index (χ4v) is 1.85. The molecule has 96 valence electrons. The minimum absolute atomic E-state index is 0.168. The Hall–Kier alpha value is -1.28. The zero-order valence-electron chi connectivity index (χ0n) is 10.7. The molecule has 2 atom stereocenters. The summed E-state index contributed by atoms with van der Waals surface area (Å²) < 4.78 is 5.14. The fourth-order valence-electron chi connectivity index (χ4n) is 1.85. The molecule has 1 amide bonds. The van der Waals surface area contributed by atoms with E-state index in [0.717, 1.165) is 25.9 Å². The van der Waals surface area contributed by atoms with Crippen molar-refractivity contribution in [3.63, 3.8) is 0 Å². The zero-order chi connectivity index (χ0) is 12.9. The number of nitriles is 1. The third-order valence-corrected chi connectivity index (χ3v) is 2.62. The van der Waals surface area contributed by atoms with Crippen LogP contribution in [0.3, 0.4) is 0 Å². The maximum atomic E-state index is 11.6. The van der Waals surface area contributed by atoms with E-state index in [1.54, 1.807) is 20.8 Å². The monoisotopic (exact) mass is 239 g/mol. The molecule has 2 unspecified atom stereocenters. The van der Waals surface area contributed by atoms with Gasteiger partial charge in [-0.2, -0.15) is 5.26 Å². The SMILES string of the molecule is CC(C)(C)OC(=O)NC(C#N)C1CCCNC1. The number of piperidine rings is 1. The van der Waals surface area contributed by atoms with Gasteiger partial charge >= 0.3 is 6.09 Å². The number of nitrogens with one attached hydrogen (secondary N) is 2. The molecule has 0 aromatic heterocycles. The van der Waals surface area contributed by atoms with Gasteiger partial charge in [0.25, 0.3) is 0 Å². The number of carbonyl (C=O) groups excluding carboxylic acids is 1. The van der Waals surface area contributed by atoms with Crippen molar-refractivity contribution in [1.29, 1.82) is 5.26 Å². The van der Waals surface area contributed by atoms with Gasteiger partial charge in [0.2, 0.25) is 0 Å². The summed E-state index contributed by atoms with van der Waals surface area (Å²) in [6.07, 6.45) is 1.48. The Kier molecular flexibility index (Phi) is 4.76. The molecule has 0 saturated carbocycles. The number of ether oxygens (including phenoxy) is 1. The largest absolute Gasteiger partial charge is 0.444 e. The molecule has 5 nitrogen and oxygen atoms in total. The molecular formula is C12H21N3O2. The molecule has 0 aromatic carbocycles. The number of hydrogen-bond acceptors (Lipinski definition) is 4. The summed E-state index contributed by atoms with van der Waals surface area (Å²) in [4.78, 5) is 11.6. The number of nitrogens with zero attached hydrogens (tertiary/aromatic N) is 1. The highest BCUT2D eigenvalue weighted by molar-refractivity contribution is 5.68. The third-order valence-electron chi connectivity index (χ3n) is 2.62. The first-order chi connectivity index (χ1) is 7.92. The number of carbonyl (C=O) groups is 1. The first-order valence-corrected chi connectivity index (χ1v) is 6.02. The summed E-state index contributed by atoms with van der Waals surface area (Å²) in [6, 6.07) is 1.66. The summed E-state index contributed by atoms with van der Waals surface area (Å²) in [6.45, 7) is 7.16. The van der Waals surface area contributed by atoms with Crippen LogP contribution in [0, 0.1) is 17.2 Å². The second-order valence-electron chi connectivity index (χ2n) is 5.36. The number of rotatable bonds is 2. The van der Waals surface area contributed by atoms with E-state index in [1.807, 2.05) is 0 Å². The van der Waals surface area contributed by atoms with Gasteiger partial charge < -0.3 is 15.4 Å². The average Bonchev–Trinajstić information content (AvgIpc) is 2.24. The molecule has 1 saturated heterocycles. The molecule has 5 heteroatoms. The predicted molar refractivity (Wildman–Crippen MR) is 64.4 cm³/mol. The lowest BCUT2D eigenvalue weighted by Gasteiger charge is -2.28. The molecule has 1 aliphatic heterocycles. The van der Waals surface area contributed by atoms with E-state index in [0.29, 0.717) is 0 Å². The van der Waals surface area contributed by atoms with Crippen LogP contribution >= 0.6 is 0 Å². The summed E-state index contributed by atoms with van der Waals surface area (Å²) >= 11 is 0. The van der Waals surface area contributed by atoms with E-state index in [2.05, 4.69) is 16.7 Å². The minimum Gasteiger partial charge on any atom is -0.444 e. The van der Waals surface area contributed by atoms with E-state index in [9.17, 15) is 4.79 Å². The van der Waals surface area contributed by atoms with Crippen LogP contribution in [0.4, 0.5) is 4.79 Å². The Labute approximate surface area is 103 Å². The fraction of sp³-hybridized carbons (Fsp3) is 0.833. The maximum Gasteiger partial charge on any atom is 0.408 e. The summed E-state index contributed by atoms with van der Waals surface area (Å²) in [5, 5.41) is 14.9. The van der Waals surface area contributed by atoms with Crippen molar-refractivity contribution in [2.75, 3.05) is 13.1 Å². The van der Waals surface area contributed by atoms with Gasteiger partial charge in [-0.1, -0.05) is 0 Å². The van der Waals surface area contributed by atoms with E-state index >= 15 is 0 Å². The van der Waals surface area contributed by atoms with Gasteiger partial charge in [0.15, 0.2) is 0 Å². The van der Waals surface area contributed by atoms with Crippen LogP contribution in [-0.4, -0.2) is 30.8 Å². The summed E-state index contributed by atoms with van der Waals surface area (Å²) in [7, 11) is 0. The Morgan fingerprint density at radius 3 is 2.76 bits per heavy atom. The van der Waals surface area contributed by atoms with Crippen LogP contribution < -0.4 is 10.6 Å². The Bertz CT molecular complexity index is 298. The van der Waals surface area contributed by atoms with Crippen LogP contribution in [0.15, 0.2) is 0 Å². The molecule has 1 rings (SSSR count). The van der Waals surface area contributed by atoms with E-state index in [-0.39, 0.29) is 5.92 Å².